The quantitative estimate of drug-likeness (QED) is 0.772. The molecule has 0 saturated heterocycles. The van der Waals surface area contributed by atoms with E-state index < -0.39 is 0 Å². The number of aromatic nitrogens is 2. The van der Waals surface area contributed by atoms with Gasteiger partial charge in [0.25, 0.3) is 0 Å². The van der Waals surface area contributed by atoms with Crippen LogP contribution in [0.25, 0.3) is 0 Å². The van der Waals surface area contributed by atoms with E-state index in [0.29, 0.717) is 6.04 Å². The molecule has 0 bridgehead atoms. The zero-order valence-corrected chi connectivity index (χ0v) is 11.8. The Morgan fingerprint density at radius 1 is 1.50 bits per heavy atom. The van der Waals surface area contributed by atoms with Crippen molar-refractivity contribution in [3.8, 4) is 5.75 Å². The molecule has 1 fully saturated rings. The molecule has 0 spiro atoms. The normalized spacial score (nSPS) is 16.8. The van der Waals surface area contributed by atoms with Crippen LogP contribution in [0.5, 0.6) is 5.75 Å². The molecule has 0 aliphatic heterocycles. The van der Waals surface area contributed by atoms with E-state index >= 15 is 0 Å². The van der Waals surface area contributed by atoms with Gasteiger partial charge < -0.3 is 10.1 Å². The summed E-state index contributed by atoms with van der Waals surface area (Å²) in [6, 6.07) is 0.381. The van der Waals surface area contributed by atoms with Crippen LogP contribution in [0.2, 0.25) is 0 Å². The molecule has 1 N–H and O–H groups in total. The predicted molar refractivity (Wildman–Crippen MR) is 72.8 cm³/mol. The monoisotopic (exact) mass is 251 g/mol. The summed E-state index contributed by atoms with van der Waals surface area (Å²) in [6.07, 6.45) is 6.92. The number of nitrogens with zero attached hydrogens (tertiary/aromatic N) is 2. The van der Waals surface area contributed by atoms with Crippen molar-refractivity contribution in [3.63, 3.8) is 0 Å². The van der Waals surface area contributed by atoms with Gasteiger partial charge in [-0.2, -0.15) is 5.10 Å². The average Bonchev–Trinajstić information content (AvgIpc) is 3.09. The Morgan fingerprint density at radius 2 is 2.28 bits per heavy atom. The van der Waals surface area contributed by atoms with E-state index in [1.54, 1.807) is 7.11 Å². The molecule has 102 valence electrons. The Balaban J connectivity index is 2.21. The highest BCUT2D eigenvalue weighted by Gasteiger charge is 2.29. The summed E-state index contributed by atoms with van der Waals surface area (Å²) >= 11 is 0. The lowest BCUT2D eigenvalue weighted by atomic mass is 10.1. The number of methoxy groups -OCH3 is 1. The summed E-state index contributed by atoms with van der Waals surface area (Å²) in [5, 5.41) is 8.05. The topological polar surface area (TPSA) is 39.1 Å². The third-order valence-corrected chi connectivity index (χ3v) is 3.55. The highest BCUT2D eigenvalue weighted by Crippen LogP contribution is 2.39. The van der Waals surface area contributed by atoms with Gasteiger partial charge >= 0.3 is 0 Å². The SMILES string of the molecule is CCCn1ncc(OC)c1C(CC1CC1)NCC. The van der Waals surface area contributed by atoms with Gasteiger partial charge in [0, 0.05) is 6.54 Å². The lowest BCUT2D eigenvalue weighted by molar-refractivity contribution is 0.380. The first-order chi connectivity index (χ1) is 8.80. The van der Waals surface area contributed by atoms with Gasteiger partial charge in [-0.3, -0.25) is 4.68 Å². The molecule has 1 aromatic heterocycles. The fraction of sp³-hybridized carbons (Fsp3) is 0.786. The maximum Gasteiger partial charge on any atom is 0.161 e. The number of hydrogen-bond acceptors (Lipinski definition) is 3. The summed E-state index contributed by atoms with van der Waals surface area (Å²) < 4.78 is 7.58. The number of hydrogen-bond donors (Lipinski definition) is 1. The van der Waals surface area contributed by atoms with Gasteiger partial charge in [-0.15, -0.1) is 0 Å². The Hall–Kier alpha value is -1.03. The van der Waals surface area contributed by atoms with Gasteiger partial charge in [-0.1, -0.05) is 26.7 Å². The molecule has 1 aliphatic carbocycles. The van der Waals surface area contributed by atoms with E-state index in [4.69, 9.17) is 4.74 Å². The van der Waals surface area contributed by atoms with E-state index in [-0.39, 0.29) is 0 Å². The van der Waals surface area contributed by atoms with Gasteiger partial charge in [0.15, 0.2) is 5.75 Å². The number of aryl methyl sites for hydroxylation is 1. The molecule has 0 amide bonds. The predicted octanol–water partition coefficient (Wildman–Crippen LogP) is 2.75. The van der Waals surface area contributed by atoms with Crippen molar-refractivity contribution in [1.29, 1.82) is 0 Å². The molecule has 1 unspecified atom stereocenters. The average molecular weight is 251 g/mol. The molecule has 18 heavy (non-hydrogen) atoms. The van der Waals surface area contributed by atoms with Crippen LogP contribution in [0.1, 0.15) is 51.3 Å². The number of ether oxygens (including phenoxy) is 1. The largest absolute Gasteiger partial charge is 0.493 e. The lowest BCUT2D eigenvalue weighted by Crippen LogP contribution is -2.25. The van der Waals surface area contributed by atoms with Crippen LogP contribution in [0.4, 0.5) is 0 Å². The van der Waals surface area contributed by atoms with Crippen molar-refractivity contribution in [2.24, 2.45) is 5.92 Å². The second-order valence-electron chi connectivity index (χ2n) is 5.11. The molecule has 0 aromatic carbocycles. The highest BCUT2D eigenvalue weighted by atomic mass is 16.5. The molecule has 1 aromatic rings. The highest BCUT2D eigenvalue weighted by molar-refractivity contribution is 5.28. The molecular weight excluding hydrogens is 226 g/mol. The van der Waals surface area contributed by atoms with E-state index in [1.807, 2.05) is 6.20 Å². The molecule has 0 radical (unpaired) electrons. The first kappa shape index (κ1) is 13.4. The van der Waals surface area contributed by atoms with Crippen molar-refractivity contribution in [2.75, 3.05) is 13.7 Å². The van der Waals surface area contributed by atoms with Gasteiger partial charge in [-0.05, 0) is 25.3 Å². The molecule has 2 rings (SSSR count). The second-order valence-corrected chi connectivity index (χ2v) is 5.11. The Morgan fingerprint density at radius 3 is 2.83 bits per heavy atom. The summed E-state index contributed by atoms with van der Waals surface area (Å²) in [5.74, 6) is 1.82. The smallest absolute Gasteiger partial charge is 0.161 e. The van der Waals surface area contributed by atoms with Crippen LogP contribution in [-0.2, 0) is 6.54 Å². The summed E-state index contributed by atoms with van der Waals surface area (Å²) in [4.78, 5) is 0. The minimum Gasteiger partial charge on any atom is -0.493 e. The third-order valence-electron chi connectivity index (χ3n) is 3.55. The fourth-order valence-electron chi connectivity index (χ4n) is 2.50. The van der Waals surface area contributed by atoms with Crippen LogP contribution in [0, 0.1) is 5.92 Å². The van der Waals surface area contributed by atoms with Crippen LogP contribution in [0.3, 0.4) is 0 Å². The zero-order chi connectivity index (χ0) is 13.0. The van der Waals surface area contributed by atoms with Crippen molar-refractivity contribution in [2.45, 2.75) is 52.1 Å². The lowest BCUT2D eigenvalue weighted by Gasteiger charge is -2.20. The standard InChI is InChI=1S/C14H25N3O/c1-4-8-17-14(13(18-3)10-16-17)12(15-5-2)9-11-6-7-11/h10-12,15H,4-9H2,1-3H3. The van der Waals surface area contributed by atoms with Crippen LogP contribution in [0.15, 0.2) is 6.20 Å². The molecule has 4 nitrogen and oxygen atoms in total. The van der Waals surface area contributed by atoms with Gasteiger partial charge in [-0.25, -0.2) is 0 Å². The first-order valence-electron chi connectivity index (χ1n) is 7.13. The van der Waals surface area contributed by atoms with Crippen molar-refractivity contribution < 1.29 is 4.74 Å². The van der Waals surface area contributed by atoms with E-state index in [0.717, 1.165) is 31.2 Å². The minimum atomic E-state index is 0.381. The molecule has 1 heterocycles. The molecular formula is C14H25N3O. The number of rotatable bonds is 8. The van der Waals surface area contributed by atoms with Crippen molar-refractivity contribution in [3.05, 3.63) is 11.9 Å². The molecule has 1 atom stereocenters. The minimum absolute atomic E-state index is 0.381. The molecule has 1 saturated carbocycles. The second kappa shape index (κ2) is 6.23. The van der Waals surface area contributed by atoms with Crippen molar-refractivity contribution in [1.82, 2.24) is 15.1 Å². The molecule has 1 aliphatic rings. The zero-order valence-electron chi connectivity index (χ0n) is 11.8. The van der Waals surface area contributed by atoms with Gasteiger partial charge in [0.2, 0.25) is 0 Å². The van der Waals surface area contributed by atoms with E-state index in [2.05, 4.69) is 28.9 Å². The summed E-state index contributed by atoms with van der Waals surface area (Å²) in [5.41, 5.74) is 1.23. The number of nitrogens with one attached hydrogen (secondary N) is 1. The van der Waals surface area contributed by atoms with Crippen molar-refractivity contribution >= 4 is 0 Å². The summed E-state index contributed by atoms with van der Waals surface area (Å²) in [7, 11) is 1.73. The van der Waals surface area contributed by atoms with E-state index in [9.17, 15) is 0 Å². The first-order valence-corrected chi connectivity index (χ1v) is 7.13. The molecule has 4 heteroatoms. The summed E-state index contributed by atoms with van der Waals surface area (Å²) in [6.45, 7) is 6.29. The van der Waals surface area contributed by atoms with Gasteiger partial charge in [0.1, 0.15) is 0 Å². The van der Waals surface area contributed by atoms with Gasteiger partial charge in [0.05, 0.1) is 25.0 Å². The third kappa shape index (κ3) is 3.05. The van der Waals surface area contributed by atoms with Crippen LogP contribution in [-0.4, -0.2) is 23.4 Å². The van der Waals surface area contributed by atoms with E-state index in [1.165, 1.54) is 25.0 Å². The maximum absolute atomic E-state index is 5.48. The Labute approximate surface area is 110 Å². The van der Waals surface area contributed by atoms with Crippen LogP contribution < -0.4 is 10.1 Å². The maximum atomic E-state index is 5.48. The van der Waals surface area contributed by atoms with Crippen LogP contribution >= 0.6 is 0 Å². The fourth-order valence-corrected chi connectivity index (χ4v) is 2.50. The Kier molecular flexibility index (Phi) is 4.64. The Bertz CT molecular complexity index is 371.